The van der Waals surface area contributed by atoms with Crippen LogP contribution in [0.3, 0.4) is 0 Å². The van der Waals surface area contributed by atoms with E-state index in [1.807, 2.05) is 6.08 Å². The molecule has 0 bridgehead atoms. The van der Waals surface area contributed by atoms with Gasteiger partial charge >= 0.3 is 0 Å². The van der Waals surface area contributed by atoms with Gasteiger partial charge in [0.25, 0.3) is 0 Å². The Morgan fingerprint density at radius 1 is 0.786 bits per heavy atom. The molecule has 0 aromatic heterocycles. The Morgan fingerprint density at radius 2 is 1.38 bits per heavy atom. The summed E-state index contributed by atoms with van der Waals surface area (Å²) < 4.78 is 11.1. The van der Waals surface area contributed by atoms with Gasteiger partial charge < -0.3 is 40.3 Å². The number of aliphatic hydroxyl groups excluding tert-OH is 5. The van der Waals surface area contributed by atoms with Gasteiger partial charge in [-0.3, -0.25) is 4.79 Å². The Morgan fingerprint density at radius 3 is 2.02 bits per heavy atom. The van der Waals surface area contributed by atoms with E-state index in [1.165, 1.54) is 38.5 Å². The number of carbonyl (C=O) groups excluding carboxylic acids is 1. The topological polar surface area (TPSA) is 149 Å². The summed E-state index contributed by atoms with van der Waals surface area (Å²) in [5.74, 6) is -0.195. The zero-order valence-corrected chi connectivity index (χ0v) is 26.2. The van der Waals surface area contributed by atoms with Crippen LogP contribution >= 0.6 is 0 Å². The molecule has 1 amide bonds. The summed E-state index contributed by atoms with van der Waals surface area (Å²) in [4.78, 5) is 12.7. The summed E-state index contributed by atoms with van der Waals surface area (Å²) >= 11 is 0. The number of hydrogen-bond acceptors (Lipinski definition) is 8. The van der Waals surface area contributed by atoms with Gasteiger partial charge in [0.1, 0.15) is 24.4 Å². The van der Waals surface area contributed by atoms with Crippen LogP contribution in [0, 0.1) is 0 Å². The van der Waals surface area contributed by atoms with Gasteiger partial charge in [-0.2, -0.15) is 0 Å². The molecule has 0 spiro atoms. The molecule has 0 radical (unpaired) electrons. The summed E-state index contributed by atoms with van der Waals surface area (Å²) in [6, 6.07) is -0.801. The highest BCUT2D eigenvalue weighted by Gasteiger charge is 2.44. The number of hydrogen-bond donors (Lipinski definition) is 6. The SMILES string of the molecule is CCC/C=C\CCCCCCCC(=O)NC(COC1OC(CO)C(O)C(O)C1O)C(O)/C=C/CCCCCCCCC. The highest BCUT2D eigenvalue weighted by atomic mass is 16.7. The molecule has 0 aromatic rings. The lowest BCUT2D eigenvalue weighted by molar-refractivity contribution is -0.302. The monoisotopic (exact) mass is 599 g/mol. The van der Waals surface area contributed by atoms with Gasteiger partial charge in [-0.1, -0.05) is 102 Å². The Labute approximate surface area is 254 Å². The standard InChI is InChI=1S/C33H61NO8/c1-3-5-7-9-11-13-15-17-19-21-23-29(37)34-26(27(36)22-20-18-16-14-12-10-8-6-4-2)25-41-33-32(40)31(39)30(38)28(24-35)42-33/h7,9,20,22,26-28,30-33,35-36,38-40H,3-6,8,10-19,21,23-25H2,1-2H3,(H,34,37)/b9-7-,22-20+. The van der Waals surface area contributed by atoms with Gasteiger partial charge in [0.15, 0.2) is 6.29 Å². The molecule has 1 aliphatic heterocycles. The Balaban J connectivity index is 2.55. The van der Waals surface area contributed by atoms with Gasteiger partial charge in [0.05, 0.1) is 25.4 Å². The Hall–Kier alpha value is -1.33. The molecule has 9 nitrogen and oxygen atoms in total. The second-order valence-electron chi connectivity index (χ2n) is 11.6. The van der Waals surface area contributed by atoms with Crippen molar-refractivity contribution in [2.24, 2.45) is 0 Å². The largest absolute Gasteiger partial charge is 0.394 e. The average molecular weight is 600 g/mol. The lowest BCUT2D eigenvalue weighted by atomic mass is 9.99. The third kappa shape index (κ3) is 17.1. The average Bonchev–Trinajstić information content (AvgIpc) is 2.98. The Kier molecular flexibility index (Phi) is 23.1. The predicted molar refractivity (Wildman–Crippen MR) is 166 cm³/mol. The van der Waals surface area contributed by atoms with Crippen molar-refractivity contribution in [3.63, 3.8) is 0 Å². The molecular formula is C33H61NO8. The van der Waals surface area contributed by atoms with E-state index >= 15 is 0 Å². The highest BCUT2D eigenvalue weighted by Crippen LogP contribution is 2.22. The first-order valence-electron chi connectivity index (χ1n) is 16.6. The minimum Gasteiger partial charge on any atom is -0.394 e. The predicted octanol–water partition coefficient (Wildman–Crippen LogP) is 4.43. The Bertz CT molecular complexity index is 716. The fourth-order valence-electron chi connectivity index (χ4n) is 4.98. The van der Waals surface area contributed by atoms with Crippen LogP contribution in [-0.2, 0) is 14.3 Å². The van der Waals surface area contributed by atoms with Crippen molar-refractivity contribution >= 4 is 5.91 Å². The van der Waals surface area contributed by atoms with E-state index in [0.717, 1.165) is 64.2 Å². The van der Waals surface area contributed by atoms with Crippen LogP contribution in [0.25, 0.3) is 0 Å². The van der Waals surface area contributed by atoms with Crippen LogP contribution in [-0.4, -0.2) is 87.5 Å². The maximum absolute atomic E-state index is 12.7. The van der Waals surface area contributed by atoms with Gasteiger partial charge in [-0.25, -0.2) is 0 Å². The first-order chi connectivity index (χ1) is 20.3. The number of unbranched alkanes of at least 4 members (excludes halogenated alkanes) is 13. The minimum atomic E-state index is -1.56. The molecule has 42 heavy (non-hydrogen) atoms. The fraction of sp³-hybridized carbons (Fsp3) is 0.848. The van der Waals surface area contributed by atoms with Gasteiger partial charge in [0.2, 0.25) is 5.91 Å². The maximum atomic E-state index is 12.7. The molecule has 1 saturated heterocycles. The van der Waals surface area contributed by atoms with Crippen molar-refractivity contribution in [3.05, 3.63) is 24.3 Å². The molecular weight excluding hydrogens is 538 g/mol. The minimum absolute atomic E-state index is 0.192. The van der Waals surface area contributed by atoms with E-state index in [1.54, 1.807) is 6.08 Å². The molecule has 0 aliphatic carbocycles. The van der Waals surface area contributed by atoms with Crippen LogP contribution in [0.4, 0.5) is 0 Å². The third-order valence-electron chi connectivity index (χ3n) is 7.75. The number of amides is 1. The maximum Gasteiger partial charge on any atom is 0.220 e. The quantitative estimate of drug-likeness (QED) is 0.0667. The molecule has 0 saturated carbocycles. The van der Waals surface area contributed by atoms with E-state index in [9.17, 15) is 30.3 Å². The second-order valence-corrected chi connectivity index (χ2v) is 11.6. The van der Waals surface area contributed by atoms with Crippen LogP contribution in [0.5, 0.6) is 0 Å². The zero-order valence-electron chi connectivity index (χ0n) is 26.2. The van der Waals surface area contributed by atoms with E-state index in [2.05, 4.69) is 31.3 Å². The van der Waals surface area contributed by atoms with Crippen molar-refractivity contribution < 1.29 is 39.8 Å². The number of rotatable bonds is 25. The van der Waals surface area contributed by atoms with Gasteiger partial charge in [-0.15, -0.1) is 0 Å². The summed E-state index contributed by atoms with van der Waals surface area (Å²) in [7, 11) is 0. The molecule has 9 heteroatoms. The molecule has 7 unspecified atom stereocenters. The van der Waals surface area contributed by atoms with Crippen molar-refractivity contribution in [1.82, 2.24) is 5.32 Å². The number of ether oxygens (including phenoxy) is 2. The molecule has 246 valence electrons. The van der Waals surface area contributed by atoms with Crippen molar-refractivity contribution in [1.29, 1.82) is 0 Å². The lowest BCUT2D eigenvalue weighted by Crippen LogP contribution is -2.60. The van der Waals surface area contributed by atoms with Gasteiger partial charge in [-0.05, 0) is 38.5 Å². The second kappa shape index (κ2) is 25.0. The molecule has 7 atom stereocenters. The van der Waals surface area contributed by atoms with Crippen LogP contribution in [0.2, 0.25) is 0 Å². The van der Waals surface area contributed by atoms with Crippen molar-refractivity contribution in [2.75, 3.05) is 13.2 Å². The molecule has 6 N–H and O–H groups in total. The summed E-state index contributed by atoms with van der Waals surface area (Å²) in [5.41, 5.74) is 0. The molecule has 1 fully saturated rings. The molecule has 1 heterocycles. The van der Waals surface area contributed by atoms with E-state index < -0.39 is 49.5 Å². The number of nitrogens with one attached hydrogen (secondary N) is 1. The van der Waals surface area contributed by atoms with Crippen molar-refractivity contribution in [2.45, 2.75) is 166 Å². The smallest absolute Gasteiger partial charge is 0.220 e. The van der Waals surface area contributed by atoms with Crippen LogP contribution in [0.15, 0.2) is 24.3 Å². The molecule has 1 rings (SSSR count). The number of allylic oxidation sites excluding steroid dienone is 3. The van der Waals surface area contributed by atoms with E-state index in [0.29, 0.717) is 6.42 Å². The fourth-order valence-corrected chi connectivity index (χ4v) is 4.98. The van der Waals surface area contributed by atoms with Crippen LogP contribution in [0.1, 0.15) is 123 Å². The van der Waals surface area contributed by atoms with E-state index in [-0.39, 0.29) is 12.5 Å². The zero-order chi connectivity index (χ0) is 31.0. The molecule has 0 aromatic carbocycles. The van der Waals surface area contributed by atoms with Gasteiger partial charge in [0, 0.05) is 6.42 Å². The lowest BCUT2D eigenvalue weighted by Gasteiger charge is -2.40. The first kappa shape index (κ1) is 38.7. The normalized spacial score (nSPS) is 24.4. The summed E-state index contributed by atoms with van der Waals surface area (Å²) in [6.45, 7) is 3.62. The van der Waals surface area contributed by atoms with E-state index in [4.69, 9.17) is 9.47 Å². The van der Waals surface area contributed by atoms with Crippen molar-refractivity contribution in [3.8, 4) is 0 Å². The number of aliphatic hydroxyl groups is 5. The van der Waals surface area contributed by atoms with Crippen LogP contribution < -0.4 is 5.32 Å². The summed E-state index contributed by atoms with van der Waals surface area (Å²) in [5, 5.41) is 53.5. The highest BCUT2D eigenvalue weighted by molar-refractivity contribution is 5.76. The third-order valence-corrected chi connectivity index (χ3v) is 7.75. The molecule has 1 aliphatic rings. The number of carbonyl (C=O) groups is 1. The first-order valence-corrected chi connectivity index (χ1v) is 16.6. The summed E-state index contributed by atoms with van der Waals surface area (Å²) in [6.07, 6.45) is 18.1.